The van der Waals surface area contributed by atoms with Gasteiger partial charge >= 0.3 is 11.9 Å². The Kier molecular flexibility index (Phi) is 5.29. The summed E-state index contributed by atoms with van der Waals surface area (Å²) in [5.41, 5.74) is 0. The zero-order valence-corrected chi connectivity index (χ0v) is 8.46. The highest BCUT2D eigenvalue weighted by Crippen LogP contribution is 2.02. The fourth-order valence-electron chi connectivity index (χ4n) is 0.695. The van der Waals surface area contributed by atoms with Crippen LogP contribution in [0.25, 0.3) is 0 Å². The van der Waals surface area contributed by atoms with Gasteiger partial charge in [-0.15, -0.1) is 0 Å². The second-order valence-electron chi connectivity index (χ2n) is 2.85. The number of hydrogen-bond donors (Lipinski definition) is 0. The number of allylic oxidation sites excluding steroid dienone is 2. The Morgan fingerprint density at radius 3 is 1.43 bits per heavy atom. The Bertz CT molecular complexity index is 237. The molecule has 14 heavy (non-hydrogen) atoms. The highest BCUT2D eigenvalue weighted by atomic mass is 16.5. The molecule has 0 aliphatic carbocycles. The Morgan fingerprint density at radius 1 is 0.929 bits per heavy atom. The lowest BCUT2D eigenvalue weighted by atomic mass is 10.3. The average molecular weight is 198 g/mol. The van der Waals surface area contributed by atoms with E-state index < -0.39 is 11.9 Å². The molecule has 0 saturated carbocycles. The molecule has 0 amide bonds. The van der Waals surface area contributed by atoms with Crippen LogP contribution in [0.4, 0.5) is 0 Å². The molecule has 0 rings (SSSR count). The standard InChI is InChI=1S/C10H14O4/c1-7(2)13-9(11)5-6-10(12)14-8(3)4/h1,3,5-6H2,2,4H3. The summed E-state index contributed by atoms with van der Waals surface area (Å²) in [4.78, 5) is 21.9. The first kappa shape index (κ1) is 12.4. The normalized spacial score (nSPS) is 9.00. The van der Waals surface area contributed by atoms with E-state index in [0.717, 1.165) is 0 Å². The van der Waals surface area contributed by atoms with Crippen LogP contribution in [0.2, 0.25) is 0 Å². The van der Waals surface area contributed by atoms with E-state index in [2.05, 4.69) is 22.6 Å². The van der Waals surface area contributed by atoms with Gasteiger partial charge in [0.15, 0.2) is 0 Å². The molecule has 78 valence electrons. The number of rotatable bonds is 5. The average Bonchev–Trinajstić information content (AvgIpc) is 1.98. The lowest BCUT2D eigenvalue weighted by Crippen LogP contribution is -2.08. The van der Waals surface area contributed by atoms with Crippen molar-refractivity contribution >= 4 is 11.9 Å². The van der Waals surface area contributed by atoms with E-state index in [1.807, 2.05) is 0 Å². The van der Waals surface area contributed by atoms with Crippen LogP contribution in [-0.4, -0.2) is 11.9 Å². The number of carbonyl (C=O) groups excluding carboxylic acids is 2. The van der Waals surface area contributed by atoms with Crippen molar-refractivity contribution in [2.45, 2.75) is 26.7 Å². The lowest BCUT2D eigenvalue weighted by molar-refractivity contribution is -0.145. The van der Waals surface area contributed by atoms with Gasteiger partial charge in [-0.25, -0.2) is 0 Å². The zero-order valence-electron chi connectivity index (χ0n) is 8.46. The van der Waals surface area contributed by atoms with Gasteiger partial charge in [0.2, 0.25) is 0 Å². The Balaban J connectivity index is 3.72. The fourth-order valence-corrected chi connectivity index (χ4v) is 0.695. The number of hydrogen-bond acceptors (Lipinski definition) is 4. The van der Waals surface area contributed by atoms with E-state index in [9.17, 15) is 9.59 Å². The minimum atomic E-state index is -0.490. The topological polar surface area (TPSA) is 52.6 Å². The maximum absolute atomic E-state index is 10.9. The molecule has 0 atom stereocenters. The molecule has 4 nitrogen and oxygen atoms in total. The van der Waals surface area contributed by atoms with Crippen molar-refractivity contribution < 1.29 is 19.1 Å². The quantitative estimate of drug-likeness (QED) is 0.500. The first-order valence-electron chi connectivity index (χ1n) is 4.14. The molecule has 0 aromatic rings. The van der Waals surface area contributed by atoms with Crippen molar-refractivity contribution in [3.05, 3.63) is 24.7 Å². The first-order valence-corrected chi connectivity index (χ1v) is 4.14. The molecule has 0 fully saturated rings. The van der Waals surface area contributed by atoms with Crippen LogP contribution >= 0.6 is 0 Å². The fraction of sp³-hybridized carbons (Fsp3) is 0.400. The third-order valence-corrected chi connectivity index (χ3v) is 1.11. The van der Waals surface area contributed by atoms with Gasteiger partial charge in [-0.05, 0) is 13.8 Å². The van der Waals surface area contributed by atoms with Gasteiger partial charge in [-0.2, -0.15) is 0 Å². The van der Waals surface area contributed by atoms with Gasteiger partial charge in [-0.1, -0.05) is 13.2 Å². The van der Waals surface area contributed by atoms with E-state index in [4.69, 9.17) is 0 Å². The highest BCUT2D eigenvalue weighted by Gasteiger charge is 2.09. The monoisotopic (exact) mass is 198 g/mol. The van der Waals surface area contributed by atoms with Crippen LogP contribution in [0.5, 0.6) is 0 Å². The van der Waals surface area contributed by atoms with Crippen molar-refractivity contribution in [1.82, 2.24) is 0 Å². The van der Waals surface area contributed by atoms with Gasteiger partial charge in [0.25, 0.3) is 0 Å². The van der Waals surface area contributed by atoms with Crippen molar-refractivity contribution in [2.75, 3.05) is 0 Å². The molecule has 0 heterocycles. The summed E-state index contributed by atoms with van der Waals surface area (Å²) in [6, 6.07) is 0. The molecule has 0 spiro atoms. The summed E-state index contributed by atoms with van der Waals surface area (Å²) >= 11 is 0. The molecule has 0 aromatic carbocycles. The molecule has 0 aliphatic rings. The summed E-state index contributed by atoms with van der Waals surface area (Å²) in [7, 11) is 0. The summed E-state index contributed by atoms with van der Waals surface area (Å²) in [5.74, 6) is -0.362. The largest absolute Gasteiger partial charge is 0.432 e. The van der Waals surface area contributed by atoms with Gasteiger partial charge in [0.05, 0.1) is 24.4 Å². The number of ether oxygens (including phenoxy) is 2. The Hall–Kier alpha value is -1.58. The van der Waals surface area contributed by atoms with Crippen molar-refractivity contribution in [3.8, 4) is 0 Å². The van der Waals surface area contributed by atoms with Gasteiger partial charge in [-0.3, -0.25) is 9.59 Å². The molecule has 0 unspecified atom stereocenters. The third-order valence-electron chi connectivity index (χ3n) is 1.11. The minimum absolute atomic E-state index is 0.0149. The summed E-state index contributed by atoms with van der Waals surface area (Å²) in [6.45, 7) is 9.91. The number of carbonyl (C=O) groups is 2. The van der Waals surface area contributed by atoms with Crippen molar-refractivity contribution in [3.63, 3.8) is 0 Å². The summed E-state index contributed by atoms with van der Waals surface area (Å²) in [6.07, 6.45) is -0.0298. The minimum Gasteiger partial charge on any atom is -0.432 e. The zero-order chi connectivity index (χ0) is 11.1. The predicted molar refractivity (Wildman–Crippen MR) is 51.0 cm³/mol. The van der Waals surface area contributed by atoms with Crippen LogP contribution in [0.1, 0.15) is 26.7 Å². The molecule has 4 heteroatoms. The predicted octanol–water partition coefficient (Wildman–Crippen LogP) is 1.92. The van der Waals surface area contributed by atoms with Gasteiger partial charge < -0.3 is 9.47 Å². The second kappa shape index (κ2) is 5.96. The number of esters is 2. The van der Waals surface area contributed by atoms with Crippen LogP contribution in [0, 0.1) is 0 Å². The molecule has 0 aromatic heterocycles. The summed E-state index contributed by atoms with van der Waals surface area (Å²) < 4.78 is 9.28. The van der Waals surface area contributed by atoms with E-state index in [0.29, 0.717) is 11.5 Å². The highest BCUT2D eigenvalue weighted by molar-refractivity contribution is 5.78. The van der Waals surface area contributed by atoms with Gasteiger partial charge in [0, 0.05) is 0 Å². The smallest absolute Gasteiger partial charge is 0.311 e. The van der Waals surface area contributed by atoms with Crippen LogP contribution < -0.4 is 0 Å². The maximum Gasteiger partial charge on any atom is 0.311 e. The first-order chi connectivity index (χ1) is 6.41. The molecule has 0 aliphatic heterocycles. The second-order valence-corrected chi connectivity index (χ2v) is 2.85. The van der Waals surface area contributed by atoms with Crippen LogP contribution in [0.15, 0.2) is 24.7 Å². The van der Waals surface area contributed by atoms with Crippen LogP contribution in [-0.2, 0) is 19.1 Å². The lowest BCUT2D eigenvalue weighted by Gasteiger charge is -2.03. The third kappa shape index (κ3) is 7.09. The molecular formula is C10H14O4. The molecule has 0 radical (unpaired) electrons. The SMILES string of the molecule is C=C(C)OC(=O)CCC(=O)OC(=C)C. The molecule has 0 saturated heterocycles. The maximum atomic E-state index is 10.9. The van der Waals surface area contributed by atoms with E-state index in [1.54, 1.807) is 13.8 Å². The van der Waals surface area contributed by atoms with E-state index >= 15 is 0 Å². The van der Waals surface area contributed by atoms with Crippen molar-refractivity contribution in [1.29, 1.82) is 0 Å². The Labute approximate surface area is 83.2 Å². The summed E-state index contributed by atoms with van der Waals surface area (Å²) in [5, 5.41) is 0. The van der Waals surface area contributed by atoms with Crippen molar-refractivity contribution in [2.24, 2.45) is 0 Å². The van der Waals surface area contributed by atoms with Gasteiger partial charge in [0.1, 0.15) is 0 Å². The Morgan fingerprint density at radius 2 is 1.21 bits per heavy atom. The molecule has 0 N–H and O–H groups in total. The molecule has 0 bridgehead atoms. The van der Waals surface area contributed by atoms with E-state index in [-0.39, 0.29) is 12.8 Å². The van der Waals surface area contributed by atoms with E-state index in [1.165, 1.54) is 0 Å². The van der Waals surface area contributed by atoms with Crippen LogP contribution in [0.3, 0.4) is 0 Å². The molecular weight excluding hydrogens is 184 g/mol.